The van der Waals surface area contributed by atoms with Gasteiger partial charge in [0.1, 0.15) is 6.61 Å². The van der Waals surface area contributed by atoms with E-state index in [1.54, 1.807) is 6.92 Å². The van der Waals surface area contributed by atoms with Crippen molar-refractivity contribution >= 4 is 53.2 Å². The summed E-state index contributed by atoms with van der Waals surface area (Å²) in [5.74, 6) is -0.655. The van der Waals surface area contributed by atoms with Crippen molar-refractivity contribution in [3.8, 4) is 0 Å². The summed E-state index contributed by atoms with van der Waals surface area (Å²) in [6, 6.07) is 9.42. The highest BCUT2D eigenvalue weighted by atomic mass is 127. The van der Waals surface area contributed by atoms with Gasteiger partial charge in [0.15, 0.2) is 11.8 Å². The number of fused-ring (bicyclic) bond motifs is 4. The monoisotopic (exact) mass is 576 g/mol. The van der Waals surface area contributed by atoms with E-state index in [2.05, 4.69) is 47.8 Å². The van der Waals surface area contributed by atoms with Gasteiger partial charge < -0.3 is 19.8 Å². The number of hydrogen-bond donors (Lipinski definition) is 2. The lowest BCUT2D eigenvalue weighted by atomic mass is 9.82. The molecule has 5 rings (SSSR count). The van der Waals surface area contributed by atoms with Crippen LogP contribution in [0.1, 0.15) is 30.2 Å². The van der Waals surface area contributed by atoms with E-state index in [0.717, 1.165) is 28.9 Å². The van der Waals surface area contributed by atoms with Crippen LogP contribution in [0.15, 0.2) is 41.5 Å². The normalized spacial score (nSPS) is 24.4. The molecule has 8 heteroatoms. The molecule has 2 aromatic rings. The van der Waals surface area contributed by atoms with Crippen molar-refractivity contribution in [2.45, 2.75) is 57.3 Å². The number of pyridine rings is 1. The molecule has 174 valence electrons. The predicted molar refractivity (Wildman–Crippen MR) is 139 cm³/mol. The molecule has 0 saturated heterocycles. The summed E-state index contributed by atoms with van der Waals surface area (Å²) < 4.78 is 6.47. The van der Waals surface area contributed by atoms with E-state index in [9.17, 15) is 15.0 Å². The second-order valence-corrected chi connectivity index (χ2v) is 17.4. The van der Waals surface area contributed by atoms with E-state index in [4.69, 9.17) is 9.72 Å². The fourth-order valence-electron chi connectivity index (χ4n) is 5.08. The first-order valence-electron chi connectivity index (χ1n) is 11.5. The number of ether oxygens (including phenoxy) is 1. The van der Waals surface area contributed by atoms with Crippen LogP contribution in [0, 0.1) is 0 Å². The molecule has 0 spiro atoms. The molecule has 3 aliphatic rings. The first-order chi connectivity index (χ1) is 15.7. The Morgan fingerprint density at radius 2 is 2.09 bits per heavy atom. The van der Waals surface area contributed by atoms with Crippen LogP contribution < -0.4 is 0 Å². The van der Waals surface area contributed by atoms with Gasteiger partial charge in [-0.15, -0.1) is 0 Å². The van der Waals surface area contributed by atoms with Gasteiger partial charge in [0.2, 0.25) is 0 Å². The minimum atomic E-state index is -1.74. The Labute approximate surface area is 208 Å². The van der Waals surface area contributed by atoms with Gasteiger partial charge in [-0.25, -0.2) is 9.78 Å². The number of nitrogens with zero attached hydrogens (tertiary/aromatic N) is 2. The van der Waals surface area contributed by atoms with Crippen LogP contribution in [-0.2, 0) is 22.5 Å². The van der Waals surface area contributed by atoms with Crippen molar-refractivity contribution in [2.75, 3.05) is 10.7 Å². The number of aliphatic hydroxyl groups is 2. The molecule has 33 heavy (non-hydrogen) atoms. The van der Waals surface area contributed by atoms with Crippen LogP contribution in [0.4, 0.5) is 0 Å². The second kappa shape index (κ2) is 8.18. The highest BCUT2D eigenvalue weighted by Crippen LogP contribution is 2.46. The van der Waals surface area contributed by atoms with Crippen molar-refractivity contribution in [2.24, 2.45) is 0 Å². The summed E-state index contributed by atoms with van der Waals surface area (Å²) in [7, 11) is -1.30. The van der Waals surface area contributed by atoms with Crippen molar-refractivity contribution in [1.82, 2.24) is 9.88 Å². The SMILES string of the molecule is CC[C@@]1(O)C(=O)OCC2=C1C=C1c3nc4ccccc4c(CC[Si](C)(C)CI)c3CN1C2O. The van der Waals surface area contributed by atoms with Gasteiger partial charge in [0.05, 0.1) is 25.0 Å². The van der Waals surface area contributed by atoms with E-state index in [0.29, 0.717) is 17.7 Å². The quantitative estimate of drug-likeness (QED) is 0.243. The molecule has 1 aromatic carbocycles. The molecule has 0 saturated carbocycles. The van der Waals surface area contributed by atoms with Gasteiger partial charge in [-0.1, -0.05) is 66.9 Å². The number of esters is 1. The molecule has 0 fully saturated rings. The Bertz CT molecular complexity index is 1220. The molecule has 4 heterocycles. The van der Waals surface area contributed by atoms with Crippen molar-refractivity contribution in [3.05, 3.63) is 58.3 Å². The summed E-state index contributed by atoms with van der Waals surface area (Å²) in [6.07, 6.45) is 2.06. The average molecular weight is 577 g/mol. The van der Waals surface area contributed by atoms with Gasteiger partial charge in [0.25, 0.3) is 0 Å². The number of benzene rings is 1. The van der Waals surface area contributed by atoms with Gasteiger partial charge >= 0.3 is 5.97 Å². The third-order valence-electron chi connectivity index (χ3n) is 7.29. The highest BCUT2D eigenvalue weighted by molar-refractivity contribution is 14.1. The zero-order valence-corrected chi connectivity index (χ0v) is 22.3. The van der Waals surface area contributed by atoms with Crippen molar-refractivity contribution < 1.29 is 19.7 Å². The van der Waals surface area contributed by atoms with Crippen LogP contribution in [0.2, 0.25) is 19.1 Å². The number of hydrogen-bond acceptors (Lipinski definition) is 6. The maximum Gasteiger partial charge on any atom is 0.343 e. The van der Waals surface area contributed by atoms with Gasteiger partial charge in [0, 0.05) is 28.6 Å². The third kappa shape index (κ3) is 3.57. The molecule has 6 nitrogen and oxygen atoms in total. The zero-order valence-electron chi connectivity index (χ0n) is 19.2. The summed E-state index contributed by atoms with van der Waals surface area (Å²) in [5.41, 5.74) is 4.28. The predicted octanol–water partition coefficient (Wildman–Crippen LogP) is 3.94. The third-order valence-corrected chi connectivity index (χ3v) is 15.8. The number of aryl methyl sites for hydroxylation is 1. The lowest BCUT2D eigenvalue weighted by molar-refractivity contribution is -0.164. The van der Waals surface area contributed by atoms with Crippen molar-refractivity contribution in [3.63, 3.8) is 0 Å². The summed E-state index contributed by atoms with van der Waals surface area (Å²) in [4.78, 5) is 19.4. The first-order valence-corrected chi connectivity index (χ1v) is 16.4. The highest BCUT2D eigenvalue weighted by Gasteiger charge is 2.49. The molecule has 3 aliphatic heterocycles. The smallest absolute Gasteiger partial charge is 0.343 e. The van der Waals surface area contributed by atoms with Crippen LogP contribution in [-0.4, -0.2) is 56.6 Å². The fraction of sp³-hybridized carbons (Fsp3) is 0.440. The van der Waals surface area contributed by atoms with Crippen LogP contribution >= 0.6 is 22.6 Å². The number of alkyl halides is 1. The van der Waals surface area contributed by atoms with Gasteiger partial charge in [-0.3, -0.25) is 0 Å². The Morgan fingerprint density at radius 1 is 1.33 bits per heavy atom. The van der Waals surface area contributed by atoms with E-state index in [1.807, 2.05) is 23.1 Å². The number of aliphatic hydroxyl groups excluding tert-OH is 1. The van der Waals surface area contributed by atoms with Crippen LogP contribution in [0.3, 0.4) is 0 Å². The number of rotatable bonds is 5. The fourth-order valence-corrected chi connectivity index (χ4v) is 7.28. The van der Waals surface area contributed by atoms with E-state index >= 15 is 0 Å². The second-order valence-electron chi connectivity index (χ2n) is 9.99. The maximum atomic E-state index is 12.4. The largest absolute Gasteiger partial charge is 0.459 e. The van der Waals surface area contributed by atoms with E-state index in [-0.39, 0.29) is 13.0 Å². The standard InChI is InChI=1S/C25H29IN2O4Si/c1-4-25(31)19-11-21-22-17(12-28(21)23(29)18(19)13-32-24(25)30)15(9-10-33(2,3)14-26)16-7-5-6-8-20(16)27-22/h5-8,11,23,29,31H,4,9-10,12-14H2,1-3H3/t23?,25-/m0/s1. The lowest BCUT2D eigenvalue weighted by Gasteiger charge is -2.40. The summed E-state index contributed by atoms with van der Waals surface area (Å²) >= 11 is 2.51. The van der Waals surface area contributed by atoms with Crippen LogP contribution in [0.25, 0.3) is 16.6 Å². The molecule has 0 amide bonds. The number of cyclic esters (lactones) is 1. The molecular formula is C25H29IN2O4Si. The Hall–Kier alpha value is -1.75. The number of carbonyl (C=O) groups excluding carboxylic acids is 1. The molecule has 0 radical (unpaired) electrons. The minimum Gasteiger partial charge on any atom is -0.459 e. The topological polar surface area (TPSA) is 82.9 Å². The molecule has 2 N–H and O–H groups in total. The van der Waals surface area contributed by atoms with Crippen LogP contribution in [0.5, 0.6) is 0 Å². The maximum absolute atomic E-state index is 12.4. The Balaban J connectivity index is 1.67. The summed E-state index contributed by atoms with van der Waals surface area (Å²) in [5, 5.41) is 23.6. The molecular weight excluding hydrogens is 547 g/mol. The minimum absolute atomic E-state index is 0.00796. The van der Waals surface area contributed by atoms with Gasteiger partial charge in [-0.05, 0) is 34.6 Å². The Morgan fingerprint density at radius 3 is 2.82 bits per heavy atom. The molecule has 0 aliphatic carbocycles. The number of halogens is 1. The number of carbonyl (C=O) groups is 1. The molecule has 1 unspecified atom stereocenters. The Kier molecular flexibility index (Phi) is 5.70. The first kappa shape index (κ1) is 23.0. The molecule has 1 aromatic heterocycles. The number of para-hydroxylation sites is 1. The lowest BCUT2D eigenvalue weighted by Crippen LogP contribution is -2.50. The molecule has 0 bridgehead atoms. The van der Waals surface area contributed by atoms with Crippen molar-refractivity contribution in [1.29, 1.82) is 0 Å². The zero-order chi connectivity index (χ0) is 23.5. The van der Waals surface area contributed by atoms with E-state index < -0.39 is 25.9 Å². The van der Waals surface area contributed by atoms with Gasteiger partial charge in [-0.2, -0.15) is 0 Å². The van der Waals surface area contributed by atoms with E-state index in [1.165, 1.54) is 21.0 Å². The average Bonchev–Trinajstić information content (AvgIpc) is 3.18. The number of aromatic nitrogens is 1. The summed E-state index contributed by atoms with van der Waals surface area (Å²) in [6.45, 7) is 7.15. The molecule has 2 atom stereocenters.